The van der Waals surface area contributed by atoms with E-state index in [9.17, 15) is 4.39 Å². The predicted molar refractivity (Wildman–Crippen MR) is 75.0 cm³/mol. The summed E-state index contributed by atoms with van der Waals surface area (Å²) in [7, 11) is 2.04. The Hall–Kier alpha value is -0.930. The fraction of sp³-hybridized carbons (Fsp3) is 0.600. The molecular weight excluding hydrogens is 227 g/mol. The lowest BCUT2D eigenvalue weighted by Gasteiger charge is -2.25. The summed E-state index contributed by atoms with van der Waals surface area (Å²) in [5.41, 5.74) is 0.760. The molecule has 1 aromatic carbocycles. The molecule has 0 bridgehead atoms. The summed E-state index contributed by atoms with van der Waals surface area (Å²) >= 11 is 0. The van der Waals surface area contributed by atoms with E-state index < -0.39 is 0 Å². The molecule has 0 fully saturated rings. The van der Waals surface area contributed by atoms with Gasteiger partial charge in [-0.1, -0.05) is 32.0 Å². The molecule has 0 radical (unpaired) electrons. The summed E-state index contributed by atoms with van der Waals surface area (Å²) in [4.78, 5) is 2.17. The van der Waals surface area contributed by atoms with Crippen LogP contribution >= 0.6 is 0 Å². The number of benzene rings is 1. The molecule has 1 rings (SSSR count). The number of rotatable bonds is 7. The largest absolute Gasteiger partial charge is 0.315 e. The Labute approximate surface area is 110 Å². The zero-order valence-corrected chi connectivity index (χ0v) is 11.9. The zero-order valence-electron chi connectivity index (χ0n) is 11.9. The van der Waals surface area contributed by atoms with Crippen LogP contribution in [-0.4, -0.2) is 31.1 Å². The molecule has 1 aromatic rings. The first-order valence-electron chi connectivity index (χ1n) is 6.65. The SMILES string of the molecule is CC(C)CNCC(C)N(C)Cc1ccccc1F. The third kappa shape index (κ3) is 5.15. The lowest BCUT2D eigenvalue weighted by atomic mass is 10.1. The highest BCUT2D eigenvalue weighted by Crippen LogP contribution is 2.10. The number of likely N-dealkylation sites (N-methyl/N-ethyl adjacent to an activating group) is 1. The van der Waals surface area contributed by atoms with Crippen LogP contribution in [0.5, 0.6) is 0 Å². The van der Waals surface area contributed by atoms with Gasteiger partial charge in [0.15, 0.2) is 0 Å². The van der Waals surface area contributed by atoms with Gasteiger partial charge < -0.3 is 5.32 Å². The highest BCUT2D eigenvalue weighted by Gasteiger charge is 2.11. The van der Waals surface area contributed by atoms with Crippen molar-refractivity contribution in [1.82, 2.24) is 10.2 Å². The van der Waals surface area contributed by atoms with Crippen molar-refractivity contribution in [3.63, 3.8) is 0 Å². The van der Waals surface area contributed by atoms with E-state index in [1.807, 2.05) is 19.2 Å². The lowest BCUT2D eigenvalue weighted by molar-refractivity contribution is 0.238. The van der Waals surface area contributed by atoms with Crippen molar-refractivity contribution < 1.29 is 4.39 Å². The van der Waals surface area contributed by atoms with Crippen LogP contribution in [0.15, 0.2) is 24.3 Å². The summed E-state index contributed by atoms with van der Waals surface area (Å²) in [5, 5.41) is 3.43. The highest BCUT2D eigenvalue weighted by molar-refractivity contribution is 5.17. The molecule has 18 heavy (non-hydrogen) atoms. The molecular formula is C15H25FN2. The molecule has 2 nitrogen and oxygen atoms in total. The first-order chi connectivity index (χ1) is 8.50. The topological polar surface area (TPSA) is 15.3 Å². The second kappa shape index (κ2) is 7.49. The number of hydrogen-bond donors (Lipinski definition) is 1. The molecule has 0 aliphatic carbocycles. The molecule has 0 saturated heterocycles. The molecule has 1 N–H and O–H groups in total. The van der Waals surface area contributed by atoms with Gasteiger partial charge in [-0.25, -0.2) is 4.39 Å². The van der Waals surface area contributed by atoms with E-state index in [0.29, 0.717) is 18.5 Å². The van der Waals surface area contributed by atoms with Gasteiger partial charge in [0.05, 0.1) is 0 Å². The molecule has 3 heteroatoms. The molecule has 0 heterocycles. The van der Waals surface area contributed by atoms with Crippen LogP contribution in [0, 0.1) is 11.7 Å². The van der Waals surface area contributed by atoms with Gasteiger partial charge in [-0.15, -0.1) is 0 Å². The van der Waals surface area contributed by atoms with Crippen molar-refractivity contribution in [2.24, 2.45) is 5.92 Å². The van der Waals surface area contributed by atoms with Crippen molar-refractivity contribution in [3.8, 4) is 0 Å². The van der Waals surface area contributed by atoms with E-state index in [1.54, 1.807) is 6.07 Å². The molecule has 1 atom stereocenters. The average molecular weight is 252 g/mol. The molecule has 102 valence electrons. The van der Waals surface area contributed by atoms with Gasteiger partial charge in [-0.2, -0.15) is 0 Å². The fourth-order valence-corrected chi connectivity index (χ4v) is 1.79. The summed E-state index contributed by atoms with van der Waals surface area (Å²) in [6.45, 7) is 9.16. The maximum atomic E-state index is 13.5. The Morgan fingerprint density at radius 3 is 2.44 bits per heavy atom. The second-order valence-corrected chi connectivity index (χ2v) is 5.41. The van der Waals surface area contributed by atoms with E-state index in [0.717, 1.165) is 18.7 Å². The summed E-state index contributed by atoms with van der Waals surface area (Å²) in [6.07, 6.45) is 0. The number of nitrogens with one attached hydrogen (secondary N) is 1. The first-order valence-corrected chi connectivity index (χ1v) is 6.65. The van der Waals surface area contributed by atoms with Crippen LogP contribution in [0.25, 0.3) is 0 Å². The van der Waals surface area contributed by atoms with Gasteiger partial charge in [-0.05, 0) is 32.5 Å². The Bertz CT molecular complexity index is 352. The van der Waals surface area contributed by atoms with Gasteiger partial charge in [0.2, 0.25) is 0 Å². The van der Waals surface area contributed by atoms with Crippen molar-refractivity contribution >= 4 is 0 Å². The second-order valence-electron chi connectivity index (χ2n) is 5.41. The number of hydrogen-bond acceptors (Lipinski definition) is 2. The monoisotopic (exact) mass is 252 g/mol. The van der Waals surface area contributed by atoms with E-state index in [1.165, 1.54) is 6.07 Å². The smallest absolute Gasteiger partial charge is 0.127 e. The number of halogens is 1. The maximum Gasteiger partial charge on any atom is 0.127 e. The van der Waals surface area contributed by atoms with Gasteiger partial charge in [0.1, 0.15) is 5.82 Å². The minimum absolute atomic E-state index is 0.119. The van der Waals surface area contributed by atoms with Crippen LogP contribution in [-0.2, 0) is 6.54 Å². The van der Waals surface area contributed by atoms with Crippen LogP contribution in [0.3, 0.4) is 0 Å². The minimum Gasteiger partial charge on any atom is -0.315 e. The molecule has 0 aliphatic heterocycles. The lowest BCUT2D eigenvalue weighted by Crippen LogP contribution is -2.38. The normalized spacial score (nSPS) is 13.3. The summed E-state index contributed by atoms with van der Waals surface area (Å²) < 4.78 is 13.5. The van der Waals surface area contributed by atoms with Crippen molar-refractivity contribution in [2.45, 2.75) is 33.4 Å². The molecule has 0 aromatic heterocycles. The van der Waals surface area contributed by atoms with Crippen molar-refractivity contribution in [1.29, 1.82) is 0 Å². The van der Waals surface area contributed by atoms with Gasteiger partial charge in [0, 0.05) is 24.7 Å². The first kappa shape index (κ1) is 15.1. The quantitative estimate of drug-likeness (QED) is 0.802. The summed E-state index contributed by atoms with van der Waals surface area (Å²) in [5.74, 6) is 0.542. The van der Waals surface area contributed by atoms with Crippen LogP contribution in [0.1, 0.15) is 26.3 Å². The average Bonchev–Trinajstić information content (AvgIpc) is 2.31. The predicted octanol–water partition coefficient (Wildman–Crippen LogP) is 2.89. The maximum absolute atomic E-state index is 13.5. The van der Waals surface area contributed by atoms with Crippen LogP contribution in [0.2, 0.25) is 0 Å². The van der Waals surface area contributed by atoms with Crippen molar-refractivity contribution in [2.75, 3.05) is 20.1 Å². The van der Waals surface area contributed by atoms with Crippen LogP contribution < -0.4 is 5.32 Å². The molecule has 0 aliphatic rings. The Balaban J connectivity index is 2.40. The highest BCUT2D eigenvalue weighted by atomic mass is 19.1. The minimum atomic E-state index is -0.119. The van der Waals surface area contributed by atoms with Gasteiger partial charge in [-0.3, -0.25) is 4.90 Å². The van der Waals surface area contributed by atoms with E-state index in [-0.39, 0.29) is 5.82 Å². The Morgan fingerprint density at radius 1 is 1.17 bits per heavy atom. The van der Waals surface area contributed by atoms with Gasteiger partial charge >= 0.3 is 0 Å². The molecule has 0 spiro atoms. The van der Waals surface area contributed by atoms with E-state index >= 15 is 0 Å². The molecule has 0 amide bonds. The van der Waals surface area contributed by atoms with E-state index in [4.69, 9.17) is 0 Å². The third-order valence-corrected chi connectivity index (χ3v) is 3.12. The molecule has 0 saturated carbocycles. The molecule has 1 unspecified atom stereocenters. The van der Waals surface area contributed by atoms with Crippen molar-refractivity contribution in [3.05, 3.63) is 35.6 Å². The fourth-order valence-electron chi connectivity index (χ4n) is 1.79. The zero-order chi connectivity index (χ0) is 13.5. The van der Waals surface area contributed by atoms with E-state index in [2.05, 4.69) is 31.0 Å². The third-order valence-electron chi connectivity index (χ3n) is 3.12. The summed E-state index contributed by atoms with van der Waals surface area (Å²) in [6, 6.07) is 7.37. The standard InChI is InChI=1S/C15H25FN2/c1-12(2)9-17-10-13(3)18(4)11-14-7-5-6-8-15(14)16/h5-8,12-13,17H,9-11H2,1-4H3. The Morgan fingerprint density at radius 2 is 1.83 bits per heavy atom. The Kier molecular flexibility index (Phi) is 6.30. The van der Waals surface area contributed by atoms with Gasteiger partial charge in [0.25, 0.3) is 0 Å². The van der Waals surface area contributed by atoms with Crippen LogP contribution in [0.4, 0.5) is 4.39 Å². The number of nitrogens with zero attached hydrogens (tertiary/aromatic N) is 1.